The first-order valence-electron chi connectivity index (χ1n) is 3.61. The summed E-state index contributed by atoms with van der Waals surface area (Å²) in [5, 5.41) is 2.07. The molecule has 0 radical (unpaired) electrons. The Morgan fingerprint density at radius 1 is 1.08 bits per heavy atom. The molecule has 0 aliphatic carbocycles. The van der Waals surface area contributed by atoms with E-state index in [0.29, 0.717) is 0 Å². The van der Waals surface area contributed by atoms with Gasteiger partial charge in [0.05, 0.1) is 0 Å². The number of hydrogen-bond acceptors (Lipinski definition) is 0. The van der Waals surface area contributed by atoms with Gasteiger partial charge in [-0.15, -0.1) is 0 Å². The summed E-state index contributed by atoms with van der Waals surface area (Å²) < 4.78 is 13.9. The summed E-state index contributed by atoms with van der Waals surface area (Å²) in [6.45, 7) is 0. The first-order valence-corrected chi connectivity index (χ1v) is 4.69. The molecule has 0 nitrogen and oxygen atoms in total. The standard InChI is InChI=1S/C10H6FI/c11-8-5-4-7-2-1-3-10(12)9(7)6-8/h1-6H. The van der Waals surface area contributed by atoms with Crippen molar-refractivity contribution in [3.05, 3.63) is 45.8 Å². The van der Waals surface area contributed by atoms with Gasteiger partial charge < -0.3 is 0 Å². The van der Waals surface area contributed by atoms with Gasteiger partial charge in [0.1, 0.15) is 5.82 Å². The van der Waals surface area contributed by atoms with Gasteiger partial charge in [-0.25, -0.2) is 4.39 Å². The lowest BCUT2D eigenvalue weighted by molar-refractivity contribution is 0.629. The third-order valence-electron chi connectivity index (χ3n) is 1.79. The highest BCUT2D eigenvalue weighted by atomic mass is 127. The minimum absolute atomic E-state index is 0.174. The predicted molar refractivity (Wildman–Crippen MR) is 56.6 cm³/mol. The lowest BCUT2D eigenvalue weighted by Crippen LogP contribution is -1.79. The number of benzene rings is 2. The van der Waals surface area contributed by atoms with Crippen LogP contribution in [0.25, 0.3) is 10.8 Å². The molecule has 60 valence electrons. The first kappa shape index (κ1) is 7.98. The van der Waals surface area contributed by atoms with Crippen molar-refractivity contribution in [3.63, 3.8) is 0 Å². The molecule has 2 aromatic carbocycles. The lowest BCUT2D eigenvalue weighted by atomic mass is 10.1. The maximum absolute atomic E-state index is 12.8. The molecule has 0 amide bonds. The zero-order chi connectivity index (χ0) is 8.55. The molecular weight excluding hydrogens is 266 g/mol. The average molecular weight is 272 g/mol. The van der Waals surface area contributed by atoms with Crippen LogP contribution in [0.3, 0.4) is 0 Å². The van der Waals surface area contributed by atoms with Crippen LogP contribution < -0.4 is 0 Å². The Labute approximate surface area is 83.5 Å². The van der Waals surface area contributed by atoms with Crippen LogP contribution in [0.2, 0.25) is 0 Å². The highest BCUT2D eigenvalue weighted by Gasteiger charge is 1.98. The third-order valence-corrected chi connectivity index (χ3v) is 2.73. The van der Waals surface area contributed by atoms with E-state index in [9.17, 15) is 4.39 Å². The van der Waals surface area contributed by atoms with Crippen molar-refractivity contribution in [2.24, 2.45) is 0 Å². The molecule has 0 atom stereocenters. The molecule has 12 heavy (non-hydrogen) atoms. The van der Waals surface area contributed by atoms with E-state index in [1.807, 2.05) is 18.2 Å². The fraction of sp³-hybridized carbons (Fsp3) is 0. The fourth-order valence-corrected chi connectivity index (χ4v) is 1.88. The molecule has 2 aromatic rings. The van der Waals surface area contributed by atoms with Gasteiger partial charge >= 0.3 is 0 Å². The van der Waals surface area contributed by atoms with E-state index in [2.05, 4.69) is 22.6 Å². The molecule has 0 aromatic heterocycles. The van der Waals surface area contributed by atoms with Crippen molar-refractivity contribution < 1.29 is 4.39 Å². The van der Waals surface area contributed by atoms with Gasteiger partial charge in [-0.1, -0.05) is 18.2 Å². The van der Waals surface area contributed by atoms with Crippen molar-refractivity contribution in [1.82, 2.24) is 0 Å². The Morgan fingerprint density at radius 3 is 2.75 bits per heavy atom. The van der Waals surface area contributed by atoms with Crippen LogP contribution >= 0.6 is 22.6 Å². The van der Waals surface area contributed by atoms with Gasteiger partial charge in [-0.3, -0.25) is 0 Å². The summed E-state index contributed by atoms with van der Waals surface area (Å²) in [5.74, 6) is -0.174. The molecule has 0 fully saturated rings. The summed E-state index contributed by atoms with van der Waals surface area (Å²) in [6, 6.07) is 10.8. The normalized spacial score (nSPS) is 10.5. The average Bonchev–Trinajstić information content (AvgIpc) is 2.07. The second-order valence-corrected chi connectivity index (χ2v) is 3.77. The van der Waals surface area contributed by atoms with Crippen molar-refractivity contribution in [1.29, 1.82) is 0 Å². The topological polar surface area (TPSA) is 0 Å². The highest BCUT2D eigenvalue weighted by molar-refractivity contribution is 14.1. The van der Waals surface area contributed by atoms with Crippen LogP contribution in [-0.4, -0.2) is 0 Å². The molecule has 2 rings (SSSR count). The molecule has 0 saturated carbocycles. The second-order valence-electron chi connectivity index (χ2n) is 2.61. The monoisotopic (exact) mass is 272 g/mol. The number of halogens is 2. The predicted octanol–water partition coefficient (Wildman–Crippen LogP) is 3.58. The summed E-state index contributed by atoms with van der Waals surface area (Å²) in [7, 11) is 0. The van der Waals surface area contributed by atoms with Crippen LogP contribution in [0.1, 0.15) is 0 Å². The summed E-state index contributed by atoms with van der Waals surface area (Å²) in [4.78, 5) is 0. The van der Waals surface area contributed by atoms with Crippen molar-refractivity contribution >= 4 is 33.4 Å². The van der Waals surface area contributed by atoms with Gasteiger partial charge in [0, 0.05) is 3.57 Å². The van der Waals surface area contributed by atoms with Gasteiger partial charge in [0.25, 0.3) is 0 Å². The number of fused-ring (bicyclic) bond motifs is 1. The Bertz CT molecular complexity index is 423. The summed E-state index contributed by atoms with van der Waals surface area (Å²) in [5.41, 5.74) is 0. The summed E-state index contributed by atoms with van der Waals surface area (Å²) >= 11 is 2.21. The number of rotatable bonds is 0. The van der Waals surface area contributed by atoms with Crippen molar-refractivity contribution in [2.45, 2.75) is 0 Å². The van der Waals surface area contributed by atoms with Crippen LogP contribution in [-0.2, 0) is 0 Å². The molecule has 2 heteroatoms. The molecule has 0 aliphatic heterocycles. The van der Waals surface area contributed by atoms with E-state index in [-0.39, 0.29) is 5.82 Å². The number of hydrogen-bond donors (Lipinski definition) is 0. The van der Waals surface area contributed by atoms with Crippen LogP contribution in [0, 0.1) is 9.39 Å². The molecule has 0 saturated heterocycles. The largest absolute Gasteiger partial charge is 0.207 e. The minimum atomic E-state index is -0.174. The van der Waals surface area contributed by atoms with E-state index >= 15 is 0 Å². The van der Waals surface area contributed by atoms with Crippen LogP contribution in [0.4, 0.5) is 4.39 Å². The first-order chi connectivity index (χ1) is 5.77. The van der Waals surface area contributed by atoms with Gasteiger partial charge in [0.2, 0.25) is 0 Å². The van der Waals surface area contributed by atoms with Crippen LogP contribution in [0.15, 0.2) is 36.4 Å². The minimum Gasteiger partial charge on any atom is -0.207 e. The lowest BCUT2D eigenvalue weighted by Gasteiger charge is -1.99. The highest BCUT2D eigenvalue weighted by Crippen LogP contribution is 2.20. The fourth-order valence-electron chi connectivity index (χ4n) is 1.21. The smallest absolute Gasteiger partial charge is 0.123 e. The Balaban J connectivity index is 2.88. The third kappa shape index (κ3) is 1.31. The molecule has 0 N–H and O–H groups in total. The quantitative estimate of drug-likeness (QED) is 0.643. The van der Waals surface area contributed by atoms with E-state index in [1.165, 1.54) is 6.07 Å². The Kier molecular flexibility index (Phi) is 2.00. The van der Waals surface area contributed by atoms with E-state index in [4.69, 9.17) is 0 Å². The Morgan fingerprint density at radius 2 is 1.92 bits per heavy atom. The van der Waals surface area contributed by atoms with Gasteiger partial charge in [-0.2, -0.15) is 0 Å². The maximum atomic E-state index is 12.8. The molecule has 0 heterocycles. The van der Waals surface area contributed by atoms with Gasteiger partial charge in [0.15, 0.2) is 0 Å². The van der Waals surface area contributed by atoms with E-state index < -0.39 is 0 Å². The van der Waals surface area contributed by atoms with Gasteiger partial charge in [-0.05, 0) is 51.6 Å². The molecule has 0 unspecified atom stereocenters. The zero-order valence-electron chi connectivity index (χ0n) is 6.22. The van der Waals surface area contributed by atoms with Crippen molar-refractivity contribution in [3.8, 4) is 0 Å². The van der Waals surface area contributed by atoms with E-state index in [0.717, 1.165) is 14.3 Å². The Hall–Kier alpha value is -0.640. The summed E-state index contributed by atoms with van der Waals surface area (Å²) in [6.07, 6.45) is 0. The van der Waals surface area contributed by atoms with E-state index in [1.54, 1.807) is 12.1 Å². The molecule has 0 spiro atoms. The second kappa shape index (κ2) is 3.01. The van der Waals surface area contributed by atoms with Crippen LogP contribution in [0.5, 0.6) is 0 Å². The van der Waals surface area contributed by atoms with Crippen molar-refractivity contribution in [2.75, 3.05) is 0 Å². The molecule has 0 aliphatic rings. The zero-order valence-corrected chi connectivity index (χ0v) is 8.38. The SMILES string of the molecule is Fc1ccc2cccc(I)c2c1. The molecular formula is C10H6FI. The molecule has 0 bridgehead atoms. The maximum Gasteiger partial charge on any atom is 0.123 e.